The van der Waals surface area contributed by atoms with Gasteiger partial charge in [-0.15, -0.1) is 14.6 Å². The number of amidine groups is 1. The first kappa shape index (κ1) is 36.5. The third kappa shape index (κ3) is 9.84. The van der Waals surface area contributed by atoms with E-state index in [1.54, 1.807) is 37.4 Å². The van der Waals surface area contributed by atoms with Crippen LogP contribution in [0.4, 0.5) is 28.4 Å². The van der Waals surface area contributed by atoms with Gasteiger partial charge in [0.15, 0.2) is 5.75 Å². The minimum atomic E-state index is -5.23. The number of hydrazone groups is 1. The molecule has 22 heteroatoms. The molecule has 0 heterocycles. The number of benzene rings is 4. The number of carbonyl (C=O) groups is 1. The molecule has 4 aromatic carbocycles. The van der Waals surface area contributed by atoms with Crippen molar-refractivity contribution in [3.63, 3.8) is 0 Å². The van der Waals surface area contributed by atoms with E-state index < -0.39 is 47.4 Å². The van der Waals surface area contributed by atoms with Crippen molar-refractivity contribution < 1.29 is 55.6 Å². The van der Waals surface area contributed by atoms with Crippen LogP contribution in [-0.4, -0.2) is 60.3 Å². The fourth-order valence-corrected chi connectivity index (χ4v) is 5.40. The molecule has 19 nitrogen and oxygen atoms in total. The molecule has 0 radical (unpaired) electrons. The molecule has 0 atom stereocenters. The standard InChI is InChI=1S/C27H23N7O12S3/c1-28-16-5-7-17(8-6-16)29-30-18-4-2-3-15(11-18)26(33-31-22-12-19(47-46-45-38)9-10-21(22)27(36)37)34-32-23-13-20(48(39,40)41)14-24(25(23)35)49(42,43)44/h2-14,28,31,35,38H,1H3,(H,36,37)(H,39,40,41)(H,42,43,44). The van der Waals surface area contributed by atoms with Crippen LogP contribution in [0.15, 0.2) is 119 Å². The first-order valence-corrected chi connectivity index (χ1v) is 16.7. The summed E-state index contributed by atoms with van der Waals surface area (Å²) in [5.74, 6) is -2.96. The third-order valence-corrected chi connectivity index (χ3v) is 8.34. The maximum absolute atomic E-state index is 11.9. The molecule has 0 aromatic heterocycles. The Morgan fingerprint density at radius 3 is 2.20 bits per heavy atom. The monoisotopic (exact) mass is 733 g/mol. The summed E-state index contributed by atoms with van der Waals surface area (Å²) in [5, 5.41) is 55.2. The van der Waals surface area contributed by atoms with Gasteiger partial charge in [0.2, 0.25) is 5.84 Å². The molecule has 256 valence electrons. The third-order valence-electron chi connectivity index (χ3n) is 6.06. The number of carboxylic acids is 1. The van der Waals surface area contributed by atoms with Crippen molar-refractivity contribution in [2.24, 2.45) is 25.6 Å². The van der Waals surface area contributed by atoms with Crippen LogP contribution in [0.2, 0.25) is 0 Å². The van der Waals surface area contributed by atoms with Gasteiger partial charge >= 0.3 is 5.97 Å². The first-order chi connectivity index (χ1) is 23.2. The summed E-state index contributed by atoms with van der Waals surface area (Å²) >= 11 is 0.520. The lowest BCUT2D eigenvalue weighted by atomic mass is 10.2. The number of nitrogens with one attached hydrogen (secondary N) is 2. The number of aromatic hydroxyl groups is 1. The Morgan fingerprint density at radius 1 is 0.857 bits per heavy atom. The Labute approximate surface area is 281 Å². The summed E-state index contributed by atoms with van der Waals surface area (Å²) in [6.07, 6.45) is 0. The highest BCUT2D eigenvalue weighted by Crippen LogP contribution is 2.37. The van der Waals surface area contributed by atoms with Crippen LogP contribution in [0.1, 0.15) is 15.9 Å². The highest BCUT2D eigenvalue weighted by molar-refractivity contribution is 7.94. The van der Waals surface area contributed by atoms with Gasteiger partial charge in [-0.1, -0.05) is 17.2 Å². The van der Waals surface area contributed by atoms with E-state index in [9.17, 15) is 40.9 Å². The van der Waals surface area contributed by atoms with Crippen molar-refractivity contribution >= 4 is 72.5 Å². The Kier molecular flexibility index (Phi) is 11.7. The minimum absolute atomic E-state index is 0.127. The molecule has 0 aliphatic rings. The predicted molar refractivity (Wildman–Crippen MR) is 173 cm³/mol. The molecular formula is C27H23N7O12S3. The number of phenols is 1. The molecule has 0 amide bonds. The Balaban J connectivity index is 1.83. The van der Waals surface area contributed by atoms with Crippen LogP contribution in [0.25, 0.3) is 0 Å². The number of carboxylic acid groups (broad SMARTS) is 1. The number of hydrogen-bond acceptors (Lipinski definition) is 16. The zero-order valence-electron chi connectivity index (χ0n) is 24.6. The van der Waals surface area contributed by atoms with Crippen LogP contribution in [0, 0.1) is 0 Å². The lowest BCUT2D eigenvalue weighted by Crippen LogP contribution is -2.06. The van der Waals surface area contributed by atoms with Gasteiger partial charge in [0.05, 0.1) is 39.6 Å². The summed E-state index contributed by atoms with van der Waals surface area (Å²) in [6, 6.07) is 17.6. The second-order valence-electron chi connectivity index (χ2n) is 9.27. The van der Waals surface area contributed by atoms with Gasteiger partial charge in [0, 0.05) is 23.2 Å². The fraction of sp³-hybridized carbons (Fsp3) is 0.0370. The average Bonchev–Trinajstić information content (AvgIpc) is 3.06. The Morgan fingerprint density at radius 2 is 1.57 bits per heavy atom. The zero-order valence-corrected chi connectivity index (χ0v) is 27.0. The summed E-state index contributed by atoms with van der Waals surface area (Å²) in [7, 11) is -8.54. The van der Waals surface area contributed by atoms with Crippen LogP contribution in [-0.2, 0) is 29.6 Å². The van der Waals surface area contributed by atoms with Crippen molar-refractivity contribution in [2.45, 2.75) is 14.7 Å². The van der Waals surface area contributed by atoms with E-state index in [0.717, 1.165) is 5.69 Å². The molecule has 0 aliphatic carbocycles. The summed E-state index contributed by atoms with van der Waals surface area (Å²) < 4.78 is 70.6. The van der Waals surface area contributed by atoms with E-state index in [2.05, 4.69) is 45.7 Å². The van der Waals surface area contributed by atoms with Gasteiger partial charge in [-0.3, -0.25) is 14.5 Å². The molecule has 0 fully saturated rings. The molecule has 0 spiro atoms. The number of hydrogen-bond donors (Lipinski definition) is 7. The van der Waals surface area contributed by atoms with E-state index >= 15 is 0 Å². The minimum Gasteiger partial charge on any atom is -0.504 e. The lowest BCUT2D eigenvalue weighted by Gasteiger charge is -2.09. The van der Waals surface area contributed by atoms with Crippen molar-refractivity contribution in [1.82, 2.24) is 0 Å². The largest absolute Gasteiger partial charge is 0.504 e. The predicted octanol–water partition coefficient (Wildman–Crippen LogP) is 6.03. The number of rotatable bonds is 13. The molecule has 4 rings (SSSR count). The topological polar surface area (TPSA) is 291 Å². The maximum Gasteiger partial charge on any atom is 0.337 e. The van der Waals surface area contributed by atoms with E-state index in [-0.39, 0.29) is 33.2 Å². The van der Waals surface area contributed by atoms with E-state index in [1.165, 1.54) is 36.4 Å². The zero-order chi connectivity index (χ0) is 35.8. The molecule has 4 aromatic rings. The molecule has 0 unspecified atom stereocenters. The van der Waals surface area contributed by atoms with Crippen molar-refractivity contribution in [3.8, 4) is 5.75 Å². The summed E-state index contributed by atoms with van der Waals surface area (Å²) in [4.78, 5) is 9.77. The highest BCUT2D eigenvalue weighted by atomic mass is 32.2. The fourth-order valence-electron chi connectivity index (χ4n) is 3.78. The second-order valence-corrected chi connectivity index (χ2v) is 12.9. The van der Waals surface area contributed by atoms with E-state index in [0.29, 0.717) is 29.9 Å². The van der Waals surface area contributed by atoms with E-state index in [1.807, 2.05) is 0 Å². The molecule has 0 saturated carbocycles. The number of anilines is 2. The quantitative estimate of drug-likeness (QED) is 0.0157. The molecule has 0 aliphatic heterocycles. The number of phenolic OH excluding ortho intramolecular Hbond substituents is 1. The van der Waals surface area contributed by atoms with Crippen LogP contribution in [0.3, 0.4) is 0 Å². The normalized spacial score (nSPS) is 12.4. The average molecular weight is 734 g/mol. The van der Waals surface area contributed by atoms with Crippen LogP contribution >= 0.6 is 12.0 Å². The number of nitrogens with zero attached hydrogens (tertiary/aromatic N) is 5. The molecule has 0 bridgehead atoms. The molecule has 0 saturated heterocycles. The van der Waals surface area contributed by atoms with Crippen molar-refractivity contribution in [2.75, 3.05) is 17.8 Å². The van der Waals surface area contributed by atoms with Gasteiger partial charge in [0.1, 0.15) is 10.6 Å². The Hall–Kier alpha value is -5.33. The summed E-state index contributed by atoms with van der Waals surface area (Å²) in [6.45, 7) is 0. The maximum atomic E-state index is 11.9. The van der Waals surface area contributed by atoms with Gasteiger partial charge in [-0.05, 0) is 66.7 Å². The smallest absolute Gasteiger partial charge is 0.337 e. The summed E-state index contributed by atoms with van der Waals surface area (Å²) in [5.41, 5.74) is 3.04. The van der Waals surface area contributed by atoms with Crippen molar-refractivity contribution in [3.05, 3.63) is 90.0 Å². The van der Waals surface area contributed by atoms with Crippen LogP contribution < -0.4 is 10.7 Å². The van der Waals surface area contributed by atoms with Gasteiger partial charge < -0.3 is 15.5 Å². The molecule has 7 N–H and O–H groups in total. The van der Waals surface area contributed by atoms with Gasteiger partial charge in [0.25, 0.3) is 20.2 Å². The van der Waals surface area contributed by atoms with Crippen LogP contribution in [0.5, 0.6) is 5.75 Å². The SMILES string of the molecule is CNc1ccc(N=Nc2cccc(C(N=Nc3cc(S(=O)(=O)O)cc(S(=O)(=O)O)c3O)=NNc3cc(SOOO)ccc3C(=O)O)c2)cc1. The first-order valence-electron chi connectivity index (χ1n) is 13.1. The lowest BCUT2D eigenvalue weighted by molar-refractivity contribution is -0.432. The van der Waals surface area contributed by atoms with E-state index in [4.69, 9.17) is 5.26 Å². The number of azo groups is 2. The molecule has 49 heavy (non-hydrogen) atoms. The van der Waals surface area contributed by atoms with Gasteiger partial charge in [-0.25, -0.2) is 10.1 Å². The second kappa shape index (κ2) is 15.7. The highest BCUT2D eigenvalue weighted by Gasteiger charge is 2.24. The number of aromatic carboxylic acids is 1. The Bertz CT molecular complexity index is 2180. The molecular weight excluding hydrogens is 711 g/mol. The van der Waals surface area contributed by atoms with Crippen molar-refractivity contribution in [1.29, 1.82) is 0 Å². The van der Waals surface area contributed by atoms with Gasteiger partial charge in [-0.2, -0.15) is 32.2 Å².